The predicted molar refractivity (Wildman–Crippen MR) is 106 cm³/mol. The summed E-state index contributed by atoms with van der Waals surface area (Å²) in [5, 5.41) is 0. The van der Waals surface area contributed by atoms with Crippen molar-refractivity contribution in [1.29, 1.82) is 0 Å². The van der Waals surface area contributed by atoms with Crippen LogP contribution in [0.5, 0.6) is 0 Å². The largest absolute Gasteiger partial charge is 0.381 e. The van der Waals surface area contributed by atoms with E-state index in [0.717, 1.165) is 57.3 Å². The molecule has 0 radical (unpaired) electrons. The average Bonchev–Trinajstić information content (AvgIpc) is 3.29. The standard InChI is InChI=1S/C22H31N3O3/c1-4-22(21(27)24-12-10-17(28-3)11-13-24)14-16-8-9-19(22)25(16)20(26)18-7-5-6-15(2)23-18/h5-7,16-17,19H,4,8-14H2,1-3H3/t16-,19+,22+/m0/s1. The summed E-state index contributed by atoms with van der Waals surface area (Å²) in [6.07, 6.45) is 5.51. The lowest BCUT2D eigenvalue weighted by Gasteiger charge is -2.41. The van der Waals surface area contributed by atoms with Crippen LogP contribution >= 0.6 is 0 Å². The van der Waals surface area contributed by atoms with Crippen LogP contribution < -0.4 is 0 Å². The first kappa shape index (κ1) is 19.4. The molecule has 0 unspecified atom stereocenters. The van der Waals surface area contributed by atoms with Gasteiger partial charge in [0.05, 0.1) is 11.5 Å². The van der Waals surface area contributed by atoms with Gasteiger partial charge in [-0.1, -0.05) is 13.0 Å². The van der Waals surface area contributed by atoms with E-state index in [1.54, 1.807) is 13.2 Å². The van der Waals surface area contributed by atoms with Gasteiger partial charge in [0.1, 0.15) is 5.69 Å². The molecule has 4 rings (SSSR count). The van der Waals surface area contributed by atoms with Gasteiger partial charge in [-0.2, -0.15) is 0 Å². The lowest BCUT2D eigenvalue weighted by Crippen LogP contribution is -2.53. The summed E-state index contributed by atoms with van der Waals surface area (Å²) >= 11 is 0. The highest BCUT2D eigenvalue weighted by atomic mass is 16.5. The van der Waals surface area contributed by atoms with Crippen LogP contribution in [0, 0.1) is 12.3 Å². The van der Waals surface area contributed by atoms with E-state index in [2.05, 4.69) is 11.9 Å². The third kappa shape index (κ3) is 3.02. The Bertz CT molecular complexity index is 759. The number of carbonyl (C=O) groups excluding carboxylic acids is 2. The maximum absolute atomic E-state index is 13.6. The zero-order valence-corrected chi connectivity index (χ0v) is 17.2. The van der Waals surface area contributed by atoms with Crippen LogP contribution in [0.4, 0.5) is 0 Å². The number of rotatable bonds is 4. The third-order valence-corrected chi connectivity index (χ3v) is 7.20. The third-order valence-electron chi connectivity index (χ3n) is 7.20. The Labute approximate surface area is 167 Å². The fourth-order valence-electron chi connectivity index (χ4n) is 5.65. The van der Waals surface area contributed by atoms with Crippen molar-refractivity contribution in [2.45, 2.75) is 70.6 Å². The monoisotopic (exact) mass is 385 g/mol. The van der Waals surface area contributed by atoms with Crippen molar-refractivity contribution in [3.63, 3.8) is 0 Å². The topological polar surface area (TPSA) is 62.7 Å². The van der Waals surface area contributed by atoms with Crippen molar-refractivity contribution in [3.8, 4) is 0 Å². The van der Waals surface area contributed by atoms with Crippen LogP contribution in [0.1, 0.15) is 61.6 Å². The zero-order valence-electron chi connectivity index (χ0n) is 17.2. The predicted octanol–water partition coefficient (Wildman–Crippen LogP) is 2.80. The summed E-state index contributed by atoms with van der Waals surface area (Å²) in [6, 6.07) is 5.72. The summed E-state index contributed by atoms with van der Waals surface area (Å²) in [6.45, 7) is 5.51. The van der Waals surface area contributed by atoms with E-state index >= 15 is 0 Å². The Balaban J connectivity index is 1.56. The van der Waals surface area contributed by atoms with Crippen molar-refractivity contribution in [3.05, 3.63) is 29.6 Å². The molecule has 152 valence electrons. The molecule has 3 aliphatic heterocycles. The number of aryl methyl sites for hydroxylation is 1. The molecule has 1 aromatic heterocycles. The van der Waals surface area contributed by atoms with Gasteiger partial charge in [-0.05, 0) is 57.6 Å². The molecule has 3 atom stereocenters. The molecule has 6 nitrogen and oxygen atoms in total. The number of methoxy groups -OCH3 is 1. The van der Waals surface area contributed by atoms with Crippen LogP contribution in [0.3, 0.4) is 0 Å². The molecule has 1 aromatic rings. The highest BCUT2D eigenvalue weighted by Crippen LogP contribution is 2.53. The van der Waals surface area contributed by atoms with Gasteiger partial charge in [0, 0.05) is 38.0 Å². The van der Waals surface area contributed by atoms with Crippen molar-refractivity contribution in [2.75, 3.05) is 20.2 Å². The van der Waals surface area contributed by atoms with Crippen LogP contribution in [-0.2, 0) is 9.53 Å². The molecule has 0 aliphatic carbocycles. The van der Waals surface area contributed by atoms with Gasteiger partial charge in [-0.25, -0.2) is 4.98 Å². The summed E-state index contributed by atoms with van der Waals surface area (Å²) in [5.74, 6) is 0.226. The molecule has 2 bridgehead atoms. The van der Waals surface area contributed by atoms with Crippen molar-refractivity contribution in [1.82, 2.24) is 14.8 Å². The second-order valence-electron chi connectivity index (χ2n) is 8.56. The van der Waals surface area contributed by atoms with Crippen LogP contribution in [-0.4, -0.2) is 65.0 Å². The number of pyridine rings is 1. The molecule has 28 heavy (non-hydrogen) atoms. The molecule has 3 aliphatic rings. The van der Waals surface area contributed by atoms with Crippen LogP contribution in [0.2, 0.25) is 0 Å². The number of likely N-dealkylation sites (tertiary alicyclic amines) is 1. The van der Waals surface area contributed by atoms with E-state index in [1.165, 1.54) is 0 Å². The molecule has 6 heteroatoms. The van der Waals surface area contributed by atoms with E-state index < -0.39 is 5.41 Å². The maximum Gasteiger partial charge on any atom is 0.272 e. The fraction of sp³-hybridized carbons (Fsp3) is 0.682. The van der Waals surface area contributed by atoms with Gasteiger partial charge in [0.25, 0.3) is 5.91 Å². The molecule has 3 fully saturated rings. The van der Waals surface area contributed by atoms with Gasteiger partial charge in [0.2, 0.25) is 5.91 Å². The Hall–Kier alpha value is -1.95. The van der Waals surface area contributed by atoms with Gasteiger partial charge < -0.3 is 14.5 Å². The van der Waals surface area contributed by atoms with Crippen molar-refractivity contribution < 1.29 is 14.3 Å². The number of nitrogens with zero attached hydrogens (tertiary/aromatic N) is 3. The smallest absolute Gasteiger partial charge is 0.272 e. The highest BCUT2D eigenvalue weighted by Gasteiger charge is 2.61. The number of amides is 2. The molecule has 4 heterocycles. The van der Waals surface area contributed by atoms with Gasteiger partial charge in [-0.15, -0.1) is 0 Å². The number of fused-ring (bicyclic) bond motifs is 2. The van der Waals surface area contributed by atoms with Gasteiger partial charge >= 0.3 is 0 Å². The second kappa shape index (κ2) is 7.47. The minimum atomic E-state index is -0.442. The zero-order chi connectivity index (χ0) is 19.9. The summed E-state index contributed by atoms with van der Waals surface area (Å²) in [7, 11) is 1.74. The number of hydrogen-bond acceptors (Lipinski definition) is 4. The summed E-state index contributed by atoms with van der Waals surface area (Å²) < 4.78 is 5.45. The molecule has 0 spiro atoms. The van der Waals surface area contributed by atoms with Gasteiger partial charge in [0.15, 0.2) is 0 Å². The SMILES string of the molecule is CC[C@@]1(C(=O)N2CCC(OC)CC2)C[C@@H]2CC[C@H]1N2C(=O)c1cccc(C)n1. The molecule has 0 saturated carbocycles. The normalized spacial score (nSPS) is 30.1. The Morgan fingerprint density at radius 1 is 1.21 bits per heavy atom. The van der Waals surface area contributed by atoms with Crippen molar-refractivity contribution >= 4 is 11.8 Å². The van der Waals surface area contributed by atoms with E-state index in [1.807, 2.05) is 28.9 Å². The highest BCUT2D eigenvalue weighted by molar-refractivity contribution is 5.95. The Kier molecular flexibility index (Phi) is 5.17. The van der Waals surface area contributed by atoms with Crippen LogP contribution in [0.15, 0.2) is 18.2 Å². The fourth-order valence-corrected chi connectivity index (χ4v) is 5.65. The Morgan fingerprint density at radius 3 is 2.61 bits per heavy atom. The maximum atomic E-state index is 13.6. The lowest BCUT2D eigenvalue weighted by atomic mass is 9.70. The first-order chi connectivity index (χ1) is 13.5. The van der Waals surface area contributed by atoms with E-state index in [0.29, 0.717) is 5.69 Å². The quantitative estimate of drug-likeness (QED) is 0.800. The number of hydrogen-bond donors (Lipinski definition) is 0. The molecule has 2 amide bonds. The number of ether oxygens (including phenoxy) is 1. The minimum absolute atomic E-state index is 0.00930. The van der Waals surface area contributed by atoms with E-state index in [-0.39, 0.29) is 30.0 Å². The molecule has 3 saturated heterocycles. The van der Waals surface area contributed by atoms with Crippen LogP contribution in [0.25, 0.3) is 0 Å². The summed E-state index contributed by atoms with van der Waals surface area (Å²) in [4.78, 5) is 35.3. The Morgan fingerprint density at radius 2 is 1.96 bits per heavy atom. The second-order valence-corrected chi connectivity index (χ2v) is 8.56. The lowest BCUT2D eigenvalue weighted by molar-refractivity contribution is -0.146. The first-order valence-corrected chi connectivity index (χ1v) is 10.6. The number of carbonyl (C=O) groups is 2. The van der Waals surface area contributed by atoms with E-state index in [9.17, 15) is 9.59 Å². The van der Waals surface area contributed by atoms with Gasteiger partial charge in [-0.3, -0.25) is 9.59 Å². The average molecular weight is 386 g/mol. The number of aromatic nitrogens is 1. The first-order valence-electron chi connectivity index (χ1n) is 10.6. The van der Waals surface area contributed by atoms with E-state index in [4.69, 9.17) is 4.74 Å². The minimum Gasteiger partial charge on any atom is -0.381 e. The number of piperidine rings is 1. The molecule has 0 N–H and O–H groups in total. The molecular formula is C22H31N3O3. The van der Waals surface area contributed by atoms with Crippen molar-refractivity contribution in [2.24, 2.45) is 5.41 Å². The molecular weight excluding hydrogens is 354 g/mol. The summed E-state index contributed by atoms with van der Waals surface area (Å²) in [5.41, 5.74) is 0.899. The molecule has 0 aromatic carbocycles.